The summed E-state index contributed by atoms with van der Waals surface area (Å²) in [4.78, 5) is 18.1. The van der Waals surface area contributed by atoms with Gasteiger partial charge in [0, 0.05) is 17.0 Å². The van der Waals surface area contributed by atoms with Crippen LogP contribution in [0, 0.1) is 15.9 Å². The quantitative estimate of drug-likeness (QED) is 0.382. The van der Waals surface area contributed by atoms with Crippen molar-refractivity contribution in [3.63, 3.8) is 0 Å². The monoisotopic (exact) mass is 281 g/mol. The second kappa shape index (κ2) is 5.59. The number of nitrogens with zero attached hydrogens (tertiary/aromatic N) is 3. The highest BCUT2D eigenvalue weighted by atomic mass is 32.2. The first-order chi connectivity index (χ1) is 9.10. The summed E-state index contributed by atoms with van der Waals surface area (Å²) >= 11 is 1.02. The molecule has 19 heavy (non-hydrogen) atoms. The zero-order valence-electron chi connectivity index (χ0n) is 9.41. The summed E-state index contributed by atoms with van der Waals surface area (Å²) in [5, 5.41) is 10.6. The van der Waals surface area contributed by atoms with Crippen LogP contribution >= 0.6 is 11.8 Å². The van der Waals surface area contributed by atoms with E-state index in [4.69, 9.17) is 5.84 Å². The van der Waals surface area contributed by atoms with Gasteiger partial charge in [0.25, 0.3) is 5.69 Å². The molecule has 0 saturated carbocycles. The summed E-state index contributed by atoms with van der Waals surface area (Å²) in [7, 11) is 0. The summed E-state index contributed by atoms with van der Waals surface area (Å²) in [6, 6.07) is 5.70. The van der Waals surface area contributed by atoms with Gasteiger partial charge in [0.2, 0.25) is 5.95 Å². The largest absolute Gasteiger partial charge is 0.292 e. The van der Waals surface area contributed by atoms with Crippen LogP contribution in [0.2, 0.25) is 0 Å². The number of aromatic nitrogens is 2. The first-order valence-corrected chi connectivity index (χ1v) is 5.83. The van der Waals surface area contributed by atoms with Crippen molar-refractivity contribution >= 4 is 23.4 Å². The van der Waals surface area contributed by atoms with E-state index < -0.39 is 10.7 Å². The molecule has 0 aliphatic carbocycles. The highest BCUT2D eigenvalue weighted by Gasteiger charge is 2.10. The van der Waals surface area contributed by atoms with Crippen LogP contribution < -0.4 is 11.3 Å². The van der Waals surface area contributed by atoms with Crippen LogP contribution in [-0.2, 0) is 0 Å². The maximum atomic E-state index is 13.5. The lowest BCUT2D eigenvalue weighted by atomic mass is 10.3. The number of benzene rings is 1. The minimum absolute atomic E-state index is 0.0307. The Morgan fingerprint density at radius 3 is 2.63 bits per heavy atom. The van der Waals surface area contributed by atoms with Gasteiger partial charge in [0.15, 0.2) is 5.82 Å². The van der Waals surface area contributed by atoms with Crippen molar-refractivity contribution in [3.8, 4) is 0 Å². The smallest absolute Gasteiger partial charge is 0.269 e. The summed E-state index contributed by atoms with van der Waals surface area (Å²) in [5.41, 5.74) is 2.18. The molecule has 1 aromatic carbocycles. The van der Waals surface area contributed by atoms with Gasteiger partial charge in [-0.05, 0) is 12.1 Å². The molecule has 2 aromatic rings. The number of anilines is 1. The number of hydrogen-bond donors (Lipinski definition) is 2. The second-order valence-electron chi connectivity index (χ2n) is 3.34. The Kier molecular flexibility index (Phi) is 3.88. The SMILES string of the molecule is NNc1ncc(F)c(Sc2ccc([N+](=O)[O-])cc2)n1. The molecule has 1 aromatic heterocycles. The third-order valence-electron chi connectivity index (χ3n) is 2.10. The van der Waals surface area contributed by atoms with Gasteiger partial charge < -0.3 is 0 Å². The van der Waals surface area contributed by atoms with Crippen molar-refractivity contribution in [2.75, 3.05) is 5.43 Å². The van der Waals surface area contributed by atoms with Gasteiger partial charge in [-0.2, -0.15) is 0 Å². The van der Waals surface area contributed by atoms with E-state index in [-0.39, 0.29) is 16.7 Å². The molecule has 2 rings (SSSR count). The topological polar surface area (TPSA) is 107 Å². The first-order valence-electron chi connectivity index (χ1n) is 5.01. The molecule has 0 saturated heterocycles. The highest BCUT2D eigenvalue weighted by molar-refractivity contribution is 7.99. The van der Waals surface area contributed by atoms with E-state index in [0.29, 0.717) is 4.90 Å². The zero-order chi connectivity index (χ0) is 13.8. The fraction of sp³-hybridized carbons (Fsp3) is 0. The standard InChI is InChI=1S/C10H8FN5O2S/c11-8-5-13-10(15-12)14-9(8)19-7-3-1-6(2-4-7)16(17)18/h1-5H,12H2,(H,13,14,15). The van der Waals surface area contributed by atoms with Crippen molar-refractivity contribution in [1.29, 1.82) is 0 Å². The van der Waals surface area contributed by atoms with E-state index >= 15 is 0 Å². The molecule has 0 aliphatic rings. The highest BCUT2D eigenvalue weighted by Crippen LogP contribution is 2.29. The Morgan fingerprint density at radius 2 is 2.05 bits per heavy atom. The lowest BCUT2D eigenvalue weighted by Gasteiger charge is -2.04. The van der Waals surface area contributed by atoms with E-state index in [1.165, 1.54) is 24.3 Å². The van der Waals surface area contributed by atoms with E-state index in [1.807, 2.05) is 0 Å². The number of nitro benzene ring substituents is 1. The van der Waals surface area contributed by atoms with Crippen molar-refractivity contribution < 1.29 is 9.31 Å². The molecule has 7 nitrogen and oxygen atoms in total. The van der Waals surface area contributed by atoms with E-state index in [2.05, 4.69) is 15.4 Å². The lowest BCUT2D eigenvalue weighted by molar-refractivity contribution is -0.384. The molecule has 0 radical (unpaired) electrons. The average molecular weight is 281 g/mol. The van der Waals surface area contributed by atoms with Gasteiger partial charge in [0.05, 0.1) is 11.1 Å². The minimum atomic E-state index is -0.595. The molecule has 9 heteroatoms. The molecule has 1 heterocycles. The van der Waals surface area contributed by atoms with Crippen LogP contribution in [0.25, 0.3) is 0 Å². The summed E-state index contributed by atoms with van der Waals surface area (Å²) in [5.74, 6) is 4.63. The molecule has 0 unspecified atom stereocenters. The third kappa shape index (κ3) is 3.14. The van der Waals surface area contributed by atoms with Crippen LogP contribution in [0.1, 0.15) is 0 Å². The Labute approximate surface area is 111 Å². The molecule has 98 valence electrons. The summed E-state index contributed by atoms with van der Waals surface area (Å²) < 4.78 is 13.5. The Hall–Kier alpha value is -2.26. The van der Waals surface area contributed by atoms with Crippen molar-refractivity contribution in [2.24, 2.45) is 5.84 Å². The van der Waals surface area contributed by atoms with Crippen LogP contribution in [0.15, 0.2) is 40.4 Å². The fourth-order valence-corrected chi connectivity index (χ4v) is 2.02. The van der Waals surface area contributed by atoms with E-state index in [0.717, 1.165) is 18.0 Å². The lowest BCUT2D eigenvalue weighted by Crippen LogP contribution is -2.11. The number of nitro groups is 1. The second-order valence-corrected chi connectivity index (χ2v) is 4.41. The number of rotatable bonds is 4. The first kappa shape index (κ1) is 13.2. The third-order valence-corrected chi connectivity index (χ3v) is 3.09. The van der Waals surface area contributed by atoms with Crippen molar-refractivity contribution in [2.45, 2.75) is 9.92 Å². The van der Waals surface area contributed by atoms with Crippen LogP contribution in [0.3, 0.4) is 0 Å². The molecule has 0 spiro atoms. The predicted molar refractivity (Wildman–Crippen MR) is 67.0 cm³/mol. The summed E-state index contributed by atoms with van der Waals surface area (Å²) in [6.45, 7) is 0. The average Bonchev–Trinajstić information content (AvgIpc) is 2.42. The number of nitrogens with two attached hydrogens (primary N) is 1. The molecule has 0 bridgehead atoms. The van der Waals surface area contributed by atoms with Crippen LogP contribution in [0.5, 0.6) is 0 Å². The number of halogens is 1. The number of hydrazine groups is 1. The maximum Gasteiger partial charge on any atom is 0.269 e. The maximum absolute atomic E-state index is 13.5. The van der Waals surface area contributed by atoms with Crippen LogP contribution in [0.4, 0.5) is 16.0 Å². The predicted octanol–water partition coefficient (Wildman–Crippen LogP) is 1.96. The molecular weight excluding hydrogens is 273 g/mol. The van der Waals surface area contributed by atoms with Gasteiger partial charge in [0.1, 0.15) is 5.03 Å². The van der Waals surface area contributed by atoms with Gasteiger partial charge in [-0.1, -0.05) is 11.8 Å². The zero-order valence-corrected chi connectivity index (χ0v) is 10.2. The van der Waals surface area contributed by atoms with E-state index in [9.17, 15) is 14.5 Å². The van der Waals surface area contributed by atoms with E-state index in [1.54, 1.807) is 0 Å². The number of nitrogen functional groups attached to an aromatic ring is 1. The van der Waals surface area contributed by atoms with Crippen molar-refractivity contribution in [3.05, 3.63) is 46.4 Å². The normalized spacial score (nSPS) is 10.2. The number of nitrogens with one attached hydrogen (secondary N) is 1. The summed E-state index contributed by atoms with van der Waals surface area (Å²) in [6.07, 6.45) is 0.996. The Bertz CT molecular complexity index is 607. The Morgan fingerprint density at radius 1 is 1.37 bits per heavy atom. The van der Waals surface area contributed by atoms with Gasteiger partial charge in [-0.25, -0.2) is 20.2 Å². The molecule has 0 amide bonds. The molecule has 0 fully saturated rings. The molecule has 0 aliphatic heterocycles. The van der Waals surface area contributed by atoms with Gasteiger partial charge in [-0.15, -0.1) is 0 Å². The molecular formula is C10H8FN5O2S. The van der Waals surface area contributed by atoms with Gasteiger partial charge >= 0.3 is 0 Å². The molecule has 0 atom stereocenters. The fourth-order valence-electron chi connectivity index (χ4n) is 1.24. The van der Waals surface area contributed by atoms with Crippen molar-refractivity contribution in [1.82, 2.24) is 9.97 Å². The number of non-ortho nitro benzene ring substituents is 1. The minimum Gasteiger partial charge on any atom is -0.292 e. The van der Waals surface area contributed by atoms with Crippen LogP contribution in [-0.4, -0.2) is 14.9 Å². The number of hydrogen-bond acceptors (Lipinski definition) is 7. The van der Waals surface area contributed by atoms with Gasteiger partial charge in [-0.3, -0.25) is 15.5 Å². The molecule has 3 N–H and O–H groups in total. The Balaban J connectivity index is 2.23.